The average molecular weight is 242 g/mol. The maximum atomic E-state index is 5.60. The predicted octanol–water partition coefficient (Wildman–Crippen LogP) is 3.32. The summed E-state index contributed by atoms with van der Waals surface area (Å²) in [5.41, 5.74) is 14.9. The minimum absolute atomic E-state index is 0.969. The molecule has 0 aromatic carbocycles. The fourth-order valence-corrected chi connectivity index (χ4v) is 2.38. The first-order chi connectivity index (χ1) is 8.54. The number of hydrogen-bond acceptors (Lipinski definition) is 2. The van der Waals surface area contributed by atoms with Gasteiger partial charge in [0.25, 0.3) is 0 Å². The third kappa shape index (κ3) is 2.15. The van der Waals surface area contributed by atoms with E-state index in [4.69, 9.17) is 5.73 Å². The van der Waals surface area contributed by atoms with Crippen LogP contribution in [0.5, 0.6) is 0 Å². The lowest BCUT2D eigenvalue weighted by Crippen LogP contribution is -2.24. The van der Waals surface area contributed by atoms with Crippen molar-refractivity contribution in [1.29, 1.82) is 0 Å². The van der Waals surface area contributed by atoms with Gasteiger partial charge in [0, 0.05) is 18.7 Å². The minimum Gasteiger partial charge on any atom is -0.404 e. The molecule has 0 fully saturated rings. The molecule has 0 bridgehead atoms. The van der Waals surface area contributed by atoms with Crippen molar-refractivity contribution in [1.82, 2.24) is 5.32 Å². The van der Waals surface area contributed by atoms with Crippen LogP contribution in [0.1, 0.15) is 34.1 Å². The van der Waals surface area contributed by atoms with Crippen LogP contribution in [0.15, 0.2) is 57.5 Å². The smallest absolute Gasteiger partial charge is 0.0360 e. The molecule has 1 aliphatic carbocycles. The SMILES string of the molecule is CC1=C(C)C2=C(C/C(=C(C)\C(C)=C/N)C=C2)NC1. The molecule has 0 aromatic heterocycles. The van der Waals surface area contributed by atoms with Crippen LogP contribution in [-0.2, 0) is 0 Å². The third-order valence-corrected chi connectivity index (χ3v) is 4.08. The van der Waals surface area contributed by atoms with Crippen molar-refractivity contribution in [2.24, 2.45) is 5.73 Å². The Balaban J connectivity index is 2.36. The number of rotatable bonds is 1. The molecule has 0 saturated heterocycles. The van der Waals surface area contributed by atoms with Crippen molar-refractivity contribution in [2.45, 2.75) is 34.1 Å². The van der Waals surface area contributed by atoms with Crippen LogP contribution in [0.3, 0.4) is 0 Å². The topological polar surface area (TPSA) is 38.0 Å². The van der Waals surface area contributed by atoms with E-state index in [9.17, 15) is 0 Å². The Labute approximate surface area is 110 Å². The molecule has 2 heteroatoms. The van der Waals surface area contributed by atoms with Crippen LogP contribution in [0.4, 0.5) is 0 Å². The third-order valence-electron chi connectivity index (χ3n) is 4.08. The number of nitrogens with one attached hydrogen (secondary N) is 1. The van der Waals surface area contributed by atoms with Crippen LogP contribution in [0.2, 0.25) is 0 Å². The highest BCUT2D eigenvalue weighted by molar-refractivity contribution is 5.55. The summed E-state index contributed by atoms with van der Waals surface area (Å²) in [6.07, 6.45) is 7.12. The quantitative estimate of drug-likeness (QED) is 0.740. The Morgan fingerprint density at radius 2 is 2.00 bits per heavy atom. The molecule has 18 heavy (non-hydrogen) atoms. The Morgan fingerprint density at radius 1 is 1.28 bits per heavy atom. The fraction of sp³-hybridized carbons (Fsp3) is 0.375. The van der Waals surface area contributed by atoms with Crippen molar-refractivity contribution in [2.75, 3.05) is 6.54 Å². The lowest BCUT2D eigenvalue weighted by molar-refractivity contribution is 0.785. The van der Waals surface area contributed by atoms with E-state index < -0.39 is 0 Å². The first-order valence-electron chi connectivity index (χ1n) is 6.45. The normalized spacial score (nSPS) is 23.0. The van der Waals surface area contributed by atoms with Gasteiger partial charge in [-0.05, 0) is 61.8 Å². The van der Waals surface area contributed by atoms with E-state index in [-0.39, 0.29) is 0 Å². The van der Waals surface area contributed by atoms with Crippen molar-refractivity contribution >= 4 is 0 Å². The van der Waals surface area contributed by atoms with Crippen LogP contribution in [0, 0.1) is 0 Å². The van der Waals surface area contributed by atoms with E-state index in [1.807, 2.05) is 0 Å². The summed E-state index contributed by atoms with van der Waals surface area (Å²) in [5.74, 6) is 0. The molecular weight excluding hydrogens is 220 g/mol. The summed E-state index contributed by atoms with van der Waals surface area (Å²) < 4.78 is 0. The van der Waals surface area contributed by atoms with Gasteiger partial charge in [-0.25, -0.2) is 0 Å². The maximum Gasteiger partial charge on any atom is 0.0360 e. The molecule has 0 spiro atoms. The lowest BCUT2D eigenvalue weighted by atomic mass is 9.87. The maximum absolute atomic E-state index is 5.60. The summed E-state index contributed by atoms with van der Waals surface area (Å²) in [6, 6.07) is 0. The van der Waals surface area contributed by atoms with E-state index in [0.29, 0.717) is 0 Å². The summed E-state index contributed by atoms with van der Waals surface area (Å²) in [5, 5.41) is 3.53. The summed E-state index contributed by atoms with van der Waals surface area (Å²) in [7, 11) is 0. The fourth-order valence-electron chi connectivity index (χ4n) is 2.38. The Bertz CT molecular complexity index is 525. The number of allylic oxidation sites excluding steroid dienone is 7. The zero-order valence-electron chi connectivity index (χ0n) is 11.7. The molecule has 0 atom stereocenters. The molecule has 96 valence electrons. The van der Waals surface area contributed by atoms with Gasteiger partial charge in [-0.2, -0.15) is 0 Å². The van der Waals surface area contributed by atoms with E-state index in [1.54, 1.807) is 6.20 Å². The van der Waals surface area contributed by atoms with Gasteiger partial charge in [-0.3, -0.25) is 0 Å². The molecule has 2 rings (SSSR count). The second-order valence-corrected chi connectivity index (χ2v) is 5.16. The first-order valence-corrected chi connectivity index (χ1v) is 6.45. The monoisotopic (exact) mass is 242 g/mol. The predicted molar refractivity (Wildman–Crippen MR) is 77.8 cm³/mol. The van der Waals surface area contributed by atoms with Crippen LogP contribution < -0.4 is 11.1 Å². The van der Waals surface area contributed by atoms with Crippen LogP contribution in [0.25, 0.3) is 0 Å². The minimum atomic E-state index is 0.969. The molecule has 0 radical (unpaired) electrons. The van der Waals surface area contributed by atoms with Crippen LogP contribution >= 0.6 is 0 Å². The summed E-state index contributed by atoms with van der Waals surface area (Å²) in [4.78, 5) is 0. The van der Waals surface area contributed by atoms with E-state index >= 15 is 0 Å². The van der Waals surface area contributed by atoms with Gasteiger partial charge in [-0.1, -0.05) is 17.7 Å². The molecule has 2 aliphatic rings. The standard InChI is InChI=1S/C16H22N2/c1-10(8-17)12(3)14-5-6-15-13(4)11(2)9-18-16(15)7-14/h5-6,8,18H,7,9,17H2,1-4H3/b10-8-,14-12-. The molecule has 3 N–H and O–H groups in total. The van der Waals surface area contributed by atoms with Gasteiger partial charge in [0.2, 0.25) is 0 Å². The molecule has 0 saturated carbocycles. The summed E-state index contributed by atoms with van der Waals surface area (Å²) in [6.45, 7) is 9.57. The van der Waals surface area contributed by atoms with Gasteiger partial charge < -0.3 is 11.1 Å². The van der Waals surface area contributed by atoms with Gasteiger partial charge in [0.05, 0.1) is 0 Å². The number of hydrogen-bond donors (Lipinski definition) is 2. The van der Waals surface area contributed by atoms with Crippen molar-refractivity contribution in [3.05, 3.63) is 57.5 Å². The van der Waals surface area contributed by atoms with Crippen molar-refractivity contribution in [3.63, 3.8) is 0 Å². The number of dihydropyridines is 1. The Morgan fingerprint density at radius 3 is 2.67 bits per heavy atom. The van der Waals surface area contributed by atoms with E-state index in [2.05, 4.69) is 45.2 Å². The Kier molecular flexibility index (Phi) is 3.46. The largest absolute Gasteiger partial charge is 0.404 e. The van der Waals surface area contributed by atoms with Gasteiger partial charge in [0.1, 0.15) is 0 Å². The second-order valence-electron chi connectivity index (χ2n) is 5.16. The molecular formula is C16H22N2. The van der Waals surface area contributed by atoms with Gasteiger partial charge in [-0.15, -0.1) is 0 Å². The van der Waals surface area contributed by atoms with E-state index in [1.165, 1.54) is 33.6 Å². The molecule has 1 heterocycles. The highest BCUT2D eigenvalue weighted by Gasteiger charge is 2.19. The zero-order chi connectivity index (χ0) is 13.3. The second kappa shape index (κ2) is 4.89. The van der Waals surface area contributed by atoms with Gasteiger partial charge >= 0.3 is 0 Å². The number of nitrogens with two attached hydrogens (primary N) is 1. The molecule has 2 nitrogen and oxygen atoms in total. The Hall–Kier alpha value is -1.70. The molecule has 0 aromatic rings. The van der Waals surface area contributed by atoms with Crippen molar-refractivity contribution < 1.29 is 0 Å². The highest BCUT2D eigenvalue weighted by Crippen LogP contribution is 2.32. The van der Waals surface area contributed by atoms with Gasteiger partial charge in [0.15, 0.2) is 0 Å². The molecule has 0 unspecified atom stereocenters. The molecule has 0 amide bonds. The summed E-state index contributed by atoms with van der Waals surface area (Å²) >= 11 is 0. The zero-order valence-corrected chi connectivity index (χ0v) is 11.7. The van der Waals surface area contributed by atoms with E-state index in [0.717, 1.165) is 18.5 Å². The van der Waals surface area contributed by atoms with Crippen molar-refractivity contribution in [3.8, 4) is 0 Å². The molecule has 1 aliphatic heterocycles. The average Bonchev–Trinajstić information content (AvgIpc) is 2.41. The van der Waals surface area contributed by atoms with Crippen LogP contribution in [-0.4, -0.2) is 6.54 Å². The highest BCUT2D eigenvalue weighted by atomic mass is 14.9. The first kappa shape index (κ1) is 12.7. The lowest BCUT2D eigenvalue weighted by Gasteiger charge is -2.27.